The van der Waals surface area contributed by atoms with Crippen molar-refractivity contribution >= 4 is 0 Å². The molecule has 2 nitrogen and oxygen atoms in total. The fraction of sp³-hybridized carbons (Fsp3) is 0.714. The largest absolute Gasteiger partial charge is 0.412 e. The van der Waals surface area contributed by atoms with Crippen molar-refractivity contribution in [2.45, 2.75) is 51.5 Å². The molecule has 0 saturated heterocycles. The lowest BCUT2D eigenvalue weighted by Crippen LogP contribution is -2.31. The lowest BCUT2D eigenvalue weighted by atomic mass is 10.0. The molecular weight excluding hydrogens is 198 g/mol. The zero-order valence-corrected chi connectivity index (χ0v) is 10.3. The molecule has 2 aliphatic carbocycles. The van der Waals surface area contributed by atoms with Crippen LogP contribution < -0.4 is 5.32 Å². The number of hydrogen-bond acceptors (Lipinski definition) is 1. The van der Waals surface area contributed by atoms with Crippen molar-refractivity contribution in [1.29, 1.82) is 0 Å². The Morgan fingerprint density at radius 3 is 2.75 bits per heavy atom. The maximum absolute atomic E-state index is 3.67. The van der Waals surface area contributed by atoms with Gasteiger partial charge < -0.3 is 10.8 Å². The van der Waals surface area contributed by atoms with E-state index in [1.807, 2.05) is 0 Å². The van der Waals surface area contributed by atoms with Crippen molar-refractivity contribution in [2.24, 2.45) is 5.92 Å². The molecule has 0 aromatic heterocycles. The molecule has 0 heterocycles. The molecule has 0 radical (unpaired) electrons. The van der Waals surface area contributed by atoms with E-state index >= 15 is 0 Å². The van der Waals surface area contributed by atoms with Crippen molar-refractivity contribution < 1.29 is 6.90 Å². The highest BCUT2D eigenvalue weighted by molar-refractivity contribution is 5.26. The maximum Gasteiger partial charge on any atom is 0.0288 e. The number of hydrogen-bond donors (Lipinski definition) is 1. The van der Waals surface area contributed by atoms with Crippen molar-refractivity contribution in [2.75, 3.05) is 6.54 Å². The molecule has 0 amide bonds. The predicted octanol–water partition coefficient (Wildman–Crippen LogP) is 2.85. The van der Waals surface area contributed by atoms with E-state index in [0.29, 0.717) is 6.04 Å². The van der Waals surface area contributed by atoms with E-state index in [0.717, 1.165) is 5.92 Å². The van der Waals surface area contributed by atoms with Crippen LogP contribution in [0, 0.1) is 5.92 Å². The predicted molar refractivity (Wildman–Crippen MR) is 71.6 cm³/mol. The van der Waals surface area contributed by atoms with E-state index in [4.69, 9.17) is 0 Å². The van der Waals surface area contributed by atoms with Crippen LogP contribution in [0.4, 0.5) is 0 Å². The summed E-state index contributed by atoms with van der Waals surface area (Å²) in [6.07, 6.45) is 15.2. The van der Waals surface area contributed by atoms with E-state index in [9.17, 15) is 0 Å². The summed E-state index contributed by atoms with van der Waals surface area (Å²) in [5, 5.41) is 3.67. The second kappa shape index (κ2) is 6.87. The number of allylic oxidation sites excluding steroid dienone is 2. The van der Waals surface area contributed by atoms with Gasteiger partial charge in [0, 0.05) is 7.47 Å². The second-order valence-electron chi connectivity index (χ2n) is 4.96. The Balaban J connectivity index is 0.00000128. The summed E-state index contributed by atoms with van der Waals surface area (Å²) in [6, 6.07) is 0.544. The molecule has 1 atom stereocenters. The minimum absolute atomic E-state index is 0. The highest BCUT2D eigenvalue weighted by Gasteiger charge is 2.16. The van der Waals surface area contributed by atoms with Gasteiger partial charge in [-0.1, -0.05) is 31.1 Å². The van der Waals surface area contributed by atoms with Gasteiger partial charge in [-0.3, -0.25) is 0 Å². The van der Waals surface area contributed by atoms with Crippen molar-refractivity contribution in [3.05, 3.63) is 23.8 Å². The monoisotopic (exact) mass is 225 g/mol. The highest BCUT2D eigenvalue weighted by atomic mass is 16.0. The normalized spacial score (nSPS) is 22.7. The molecule has 16 heavy (non-hydrogen) atoms. The molecule has 2 rings (SSSR count). The minimum Gasteiger partial charge on any atom is -0.412 e. The summed E-state index contributed by atoms with van der Waals surface area (Å²) in [4.78, 5) is 0. The topological polar surface area (TPSA) is 43.5 Å². The van der Waals surface area contributed by atoms with Crippen LogP contribution in [0.15, 0.2) is 23.8 Å². The Morgan fingerprint density at radius 2 is 2.12 bits per heavy atom. The van der Waals surface area contributed by atoms with Gasteiger partial charge in [0.25, 0.3) is 0 Å². The minimum atomic E-state index is 0. The van der Waals surface area contributed by atoms with Crippen LogP contribution in [0.1, 0.15) is 46.9 Å². The molecule has 1 saturated carbocycles. The molecule has 0 bridgehead atoms. The third-order valence-electron chi connectivity index (χ3n) is 3.71. The Bertz CT molecular complexity index is 257. The van der Waals surface area contributed by atoms with Gasteiger partial charge >= 0.3 is 0 Å². The molecule has 3 N–H and O–H groups in total. The molecule has 0 aliphatic heterocycles. The Hall–Kier alpha value is -0.600. The second-order valence-corrected chi connectivity index (χ2v) is 4.96. The Kier molecular flexibility index (Phi) is 5.78. The summed E-state index contributed by atoms with van der Waals surface area (Å²) >= 11 is 0. The Morgan fingerprint density at radius 1 is 1.38 bits per heavy atom. The van der Waals surface area contributed by atoms with Crippen molar-refractivity contribution in [3.8, 4) is 0 Å². The fourth-order valence-electron chi connectivity index (χ4n) is 2.63. The van der Waals surface area contributed by atoms with Gasteiger partial charge in [-0.2, -0.15) is 0 Å². The third-order valence-corrected chi connectivity index (χ3v) is 3.71. The first kappa shape index (κ1) is 13.5. The van der Waals surface area contributed by atoms with Gasteiger partial charge in [-0.25, -0.2) is 0 Å². The van der Waals surface area contributed by atoms with Crippen LogP contribution in [-0.4, -0.2) is 18.1 Å². The summed E-state index contributed by atoms with van der Waals surface area (Å²) in [5.74, 6) is 0.945. The number of nitrogens with one attached hydrogen (secondary N) is 1. The van der Waals surface area contributed by atoms with E-state index < -0.39 is 0 Å². The summed E-state index contributed by atoms with van der Waals surface area (Å²) < 4.78 is 0. The van der Waals surface area contributed by atoms with Gasteiger partial charge in [-0.15, -0.1) is 0 Å². The standard InChI is InChI=1S/C14H23N.H2O.H2/c1-12(14-9-3-2-4-10-14)15-11-13-7-5-6-8-13;;/h3,9-10,12-13,15H,2,4-8,11H2,1H3;1H2;1H/t12-;;/m0../s1. The van der Waals surface area contributed by atoms with Crippen molar-refractivity contribution in [1.82, 2.24) is 5.32 Å². The van der Waals surface area contributed by atoms with E-state index in [1.54, 1.807) is 0 Å². The Labute approximate surface area is 101 Å². The molecule has 0 aromatic carbocycles. The first-order valence-corrected chi connectivity index (χ1v) is 6.46. The molecule has 0 spiro atoms. The van der Waals surface area contributed by atoms with E-state index in [-0.39, 0.29) is 6.90 Å². The van der Waals surface area contributed by atoms with E-state index in [2.05, 4.69) is 30.5 Å². The molecular formula is C14H27NO. The summed E-state index contributed by atoms with van der Waals surface area (Å²) in [5.41, 5.74) is 1.49. The first-order chi connectivity index (χ1) is 7.36. The summed E-state index contributed by atoms with van der Waals surface area (Å²) in [7, 11) is 0. The molecule has 0 aromatic rings. The third kappa shape index (κ3) is 3.76. The molecule has 2 heteroatoms. The van der Waals surface area contributed by atoms with E-state index in [1.165, 1.54) is 50.6 Å². The zero-order chi connectivity index (χ0) is 10.5. The first-order valence-electron chi connectivity index (χ1n) is 6.46. The smallest absolute Gasteiger partial charge is 0.0288 e. The molecule has 1 fully saturated rings. The van der Waals surface area contributed by atoms with Gasteiger partial charge in [-0.05, 0) is 50.6 Å². The highest BCUT2D eigenvalue weighted by Crippen LogP contribution is 2.24. The van der Waals surface area contributed by atoms with Crippen LogP contribution in [0.5, 0.6) is 0 Å². The van der Waals surface area contributed by atoms with Gasteiger partial charge in [0.1, 0.15) is 0 Å². The van der Waals surface area contributed by atoms with Gasteiger partial charge in [0.15, 0.2) is 0 Å². The lowest BCUT2D eigenvalue weighted by Gasteiger charge is -2.19. The molecule has 0 unspecified atom stereocenters. The lowest BCUT2D eigenvalue weighted by molar-refractivity contribution is 0.468. The van der Waals surface area contributed by atoms with Crippen LogP contribution in [-0.2, 0) is 0 Å². The number of rotatable bonds is 4. The quantitative estimate of drug-likeness (QED) is 0.785. The van der Waals surface area contributed by atoms with Gasteiger partial charge in [0.2, 0.25) is 0 Å². The fourth-order valence-corrected chi connectivity index (χ4v) is 2.63. The van der Waals surface area contributed by atoms with Crippen LogP contribution in [0.25, 0.3) is 0 Å². The van der Waals surface area contributed by atoms with Crippen molar-refractivity contribution in [3.63, 3.8) is 0 Å². The van der Waals surface area contributed by atoms with Crippen LogP contribution >= 0.6 is 0 Å². The SMILES string of the molecule is C[C@H](NCC1CCCC1)C1=CCCC=C1.O.[HH]. The maximum atomic E-state index is 3.67. The zero-order valence-electron chi connectivity index (χ0n) is 10.3. The summed E-state index contributed by atoms with van der Waals surface area (Å²) in [6.45, 7) is 3.50. The molecule has 94 valence electrons. The van der Waals surface area contributed by atoms with Crippen LogP contribution in [0.2, 0.25) is 0 Å². The van der Waals surface area contributed by atoms with Gasteiger partial charge in [0.05, 0.1) is 0 Å². The average Bonchev–Trinajstić information content (AvgIpc) is 2.80. The average molecular weight is 225 g/mol. The van der Waals surface area contributed by atoms with Crippen LogP contribution in [0.3, 0.4) is 0 Å². The molecule has 2 aliphatic rings.